The number of unbranched alkanes of at least 4 members (excludes halogenated alkanes) is 20. The van der Waals surface area contributed by atoms with Gasteiger partial charge in [-0.2, -0.15) is 0 Å². The van der Waals surface area contributed by atoms with Crippen molar-refractivity contribution in [2.24, 2.45) is 0 Å². The van der Waals surface area contributed by atoms with E-state index in [2.05, 4.69) is 24.5 Å². The average molecular weight is 677 g/mol. The zero-order valence-corrected chi connectivity index (χ0v) is 31.7. The van der Waals surface area contributed by atoms with E-state index in [1.165, 1.54) is 103 Å². The highest BCUT2D eigenvalue weighted by molar-refractivity contribution is 7.47. The highest BCUT2D eigenvalue weighted by Crippen LogP contribution is 2.44. The van der Waals surface area contributed by atoms with E-state index in [4.69, 9.17) is 9.05 Å². The normalized spacial score (nSPS) is 13.2. The molecule has 9 nitrogen and oxygen atoms in total. The Morgan fingerprint density at radius 3 is 1.26 bits per heavy atom. The van der Waals surface area contributed by atoms with Crippen LogP contribution in [-0.2, 0) is 23.2 Å². The van der Waals surface area contributed by atoms with Crippen LogP contribution in [0.25, 0.3) is 0 Å². The van der Waals surface area contributed by atoms with Gasteiger partial charge < -0.3 is 20.0 Å². The molecule has 0 aromatic heterocycles. The molecule has 1 atom stereocenters. The smallest absolute Gasteiger partial charge is 0.353 e. The summed E-state index contributed by atoms with van der Waals surface area (Å²) in [7, 11) is 1.53. The summed E-state index contributed by atoms with van der Waals surface area (Å²) in [6, 6.07) is 0. The molecule has 46 heavy (non-hydrogen) atoms. The second kappa shape index (κ2) is 30.1. The molecule has 0 aliphatic rings. The second-order valence-electron chi connectivity index (χ2n) is 14.2. The molecular weight excluding hydrogens is 601 g/mol. The van der Waals surface area contributed by atoms with Gasteiger partial charge in [0.25, 0.3) is 0 Å². The number of carbonyl (C=O) groups is 2. The van der Waals surface area contributed by atoms with E-state index in [0.717, 1.165) is 38.5 Å². The lowest BCUT2D eigenvalue weighted by atomic mass is 10.1. The van der Waals surface area contributed by atoms with Crippen LogP contribution in [0.4, 0.5) is 0 Å². The van der Waals surface area contributed by atoms with Crippen LogP contribution in [0.5, 0.6) is 0 Å². The lowest BCUT2D eigenvalue weighted by molar-refractivity contribution is -0.870. The topological polar surface area (TPSA) is 114 Å². The van der Waals surface area contributed by atoms with Crippen molar-refractivity contribution in [3.05, 3.63) is 0 Å². The van der Waals surface area contributed by atoms with Crippen molar-refractivity contribution in [2.45, 2.75) is 174 Å². The Kier molecular flexibility index (Phi) is 29.4. The van der Waals surface area contributed by atoms with Gasteiger partial charge in [-0.1, -0.05) is 142 Å². The van der Waals surface area contributed by atoms with Crippen molar-refractivity contribution in [2.75, 3.05) is 47.4 Å². The second-order valence-corrected chi connectivity index (χ2v) is 15.6. The quantitative estimate of drug-likeness (QED) is 0.0357. The Morgan fingerprint density at radius 1 is 0.609 bits per heavy atom. The highest BCUT2D eigenvalue weighted by atomic mass is 31.2. The highest BCUT2D eigenvalue weighted by Gasteiger charge is 2.28. The van der Waals surface area contributed by atoms with Crippen molar-refractivity contribution in [1.29, 1.82) is 0 Å². The Labute approximate surface area is 283 Å². The molecule has 0 saturated heterocycles. The van der Waals surface area contributed by atoms with Crippen LogP contribution in [0.1, 0.15) is 168 Å². The summed E-state index contributed by atoms with van der Waals surface area (Å²) in [5.41, 5.74) is 0. The minimum absolute atomic E-state index is 0.0266. The molecule has 0 rings (SSSR count). The van der Waals surface area contributed by atoms with Crippen LogP contribution < -0.4 is 10.6 Å². The van der Waals surface area contributed by atoms with E-state index in [9.17, 15) is 19.0 Å². The van der Waals surface area contributed by atoms with Crippen LogP contribution in [0, 0.1) is 0 Å². The summed E-state index contributed by atoms with van der Waals surface area (Å²) >= 11 is 0. The van der Waals surface area contributed by atoms with Crippen molar-refractivity contribution >= 4 is 19.6 Å². The van der Waals surface area contributed by atoms with Gasteiger partial charge in [0.1, 0.15) is 19.3 Å². The fourth-order valence-corrected chi connectivity index (χ4v) is 6.23. The number of likely N-dealkylation sites (N-methyl/N-ethyl adjacent to an activating group) is 1. The molecule has 0 aliphatic heterocycles. The predicted octanol–water partition coefficient (Wildman–Crippen LogP) is 8.83. The zero-order chi connectivity index (χ0) is 34.4. The minimum Gasteiger partial charge on any atom is -0.353 e. The Hall–Kier alpha value is -0.990. The summed E-state index contributed by atoms with van der Waals surface area (Å²) in [6.07, 6.45) is 26.7. The van der Waals surface area contributed by atoms with Gasteiger partial charge in [-0.15, -0.1) is 0 Å². The fourth-order valence-electron chi connectivity index (χ4n) is 5.33. The van der Waals surface area contributed by atoms with E-state index < -0.39 is 13.9 Å². The van der Waals surface area contributed by atoms with Gasteiger partial charge in [-0.3, -0.25) is 18.6 Å². The monoisotopic (exact) mass is 677 g/mol. The first-order chi connectivity index (χ1) is 22.0. The first-order valence-electron chi connectivity index (χ1n) is 19.0. The number of nitrogens with one attached hydrogen (secondary N) is 2. The van der Waals surface area contributed by atoms with Gasteiger partial charge in [-0.25, -0.2) is 4.57 Å². The number of carbonyl (C=O) groups excluding carboxylic acids is 2. The zero-order valence-electron chi connectivity index (χ0n) is 30.8. The molecule has 274 valence electrons. The summed E-state index contributed by atoms with van der Waals surface area (Å²) in [5, 5.41) is 5.66. The third-order valence-corrected chi connectivity index (χ3v) is 9.44. The number of phosphoric ester groups is 1. The maximum Gasteiger partial charge on any atom is 0.472 e. The molecule has 0 aliphatic carbocycles. The molecule has 3 N–H and O–H groups in total. The molecule has 0 aromatic carbocycles. The molecular formula is C36H75N3O6P+. The molecule has 0 heterocycles. The number of nitrogens with zero attached hydrogens (tertiary/aromatic N) is 1. The van der Waals surface area contributed by atoms with Crippen molar-refractivity contribution in [1.82, 2.24) is 10.6 Å². The van der Waals surface area contributed by atoms with Gasteiger partial charge in [0.15, 0.2) is 0 Å². The lowest BCUT2D eigenvalue weighted by Gasteiger charge is -2.25. The third kappa shape index (κ3) is 32.9. The van der Waals surface area contributed by atoms with Crippen LogP contribution in [0.3, 0.4) is 0 Å². The van der Waals surface area contributed by atoms with Crippen LogP contribution in [-0.4, -0.2) is 74.7 Å². The maximum atomic E-state index is 12.6. The minimum atomic E-state index is -4.36. The van der Waals surface area contributed by atoms with Gasteiger partial charge in [0.05, 0.1) is 21.1 Å². The van der Waals surface area contributed by atoms with Gasteiger partial charge in [-0.05, 0) is 12.8 Å². The Balaban J connectivity index is 4.40. The Bertz CT molecular complexity index is 735. The molecule has 0 aromatic rings. The van der Waals surface area contributed by atoms with Gasteiger partial charge in [0, 0.05) is 25.9 Å². The lowest BCUT2D eigenvalue weighted by Crippen LogP contribution is -2.41. The first-order valence-corrected chi connectivity index (χ1v) is 20.5. The van der Waals surface area contributed by atoms with E-state index in [1.807, 2.05) is 21.1 Å². The Morgan fingerprint density at radius 2 is 0.935 bits per heavy atom. The summed E-state index contributed by atoms with van der Waals surface area (Å²) in [6.45, 7) is 5.12. The van der Waals surface area contributed by atoms with E-state index in [0.29, 0.717) is 23.9 Å². The number of quaternary nitrogens is 1. The van der Waals surface area contributed by atoms with Gasteiger partial charge in [0.2, 0.25) is 11.8 Å². The van der Waals surface area contributed by atoms with Crippen LogP contribution >= 0.6 is 7.82 Å². The molecule has 1 unspecified atom stereocenters. The number of hydrogen-bond donors (Lipinski definition) is 3. The molecule has 0 radical (unpaired) electrons. The molecule has 0 bridgehead atoms. The molecule has 10 heteroatoms. The first kappa shape index (κ1) is 45.0. The number of rotatable bonds is 34. The SMILES string of the molecule is CCCCCCCCCCCCCC(=O)NCC(CNC(=O)CCCCCCCCCCCCC)OP(=O)(O)OCC[N+](C)(C)C. The predicted molar refractivity (Wildman–Crippen MR) is 192 cm³/mol. The maximum absolute atomic E-state index is 12.6. The third-order valence-electron chi connectivity index (χ3n) is 8.37. The molecule has 2 amide bonds. The summed E-state index contributed by atoms with van der Waals surface area (Å²) < 4.78 is 23.8. The number of amides is 2. The summed E-state index contributed by atoms with van der Waals surface area (Å²) in [4.78, 5) is 35.3. The van der Waals surface area contributed by atoms with Crippen molar-refractivity contribution < 1.29 is 32.6 Å². The molecule has 0 spiro atoms. The van der Waals surface area contributed by atoms with E-state index in [-0.39, 0.29) is 31.5 Å². The van der Waals surface area contributed by atoms with Crippen LogP contribution in [0.15, 0.2) is 0 Å². The van der Waals surface area contributed by atoms with E-state index in [1.54, 1.807) is 0 Å². The van der Waals surface area contributed by atoms with Crippen molar-refractivity contribution in [3.8, 4) is 0 Å². The van der Waals surface area contributed by atoms with Crippen molar-refractivity contribution in [3.63, 3.8) is 0 Å². The number of hydrogen-bond acceptors (Lipinski definition) is 5. The fraction of sp³-hybridized carbons (Fsp3) is 0.944. The molecule has 0 saturated carbocycles. The van der Waals surface area contributed by atoms with Gasteiger partial charge >= 0.3 is 7.82 Å². The molecule has 0 fully saturated rings. The average Bonchev–Trinajstić information content (AvgIpc) is 2.99. The standard InChI is InChI=1S/C36H74N3O6P/c1-6-8-10-12-14-16-18-20-22-24-26-28-35(40)37-32-34(45-46(42,43)44-31-30-39(3,4)5)33-38-36(41)29-27-25-23-21-19-17-15-13-11-9-7-2/h34H,6-33H2,1-5H3,(H2-,37,38,40,41,42,43)/p+1. The van der Waals surface area contributed by atoms with Crippen LogP contribution in [0.2, 0.25) is 0 Å². The largest absolute Gasteiger partial charge is 0.472 e. The summed E-state index contributed by atoms with van der Waals surface area (Å²) in [5.74, 6) is -0.230. The van der Waals surface area contributed by atoms with E-state index >= 15 is 0 Å². The number of phosphoric acid groups is 1.